The molecule has 18 heavy (non-hydrogen) atoms. The Hall–Kier alpha value is -0.520. The highest BCUT2D eigenvalue weighted by Crippen LogP contribution is 2.13. The van der Waals surface area contributed by atoms with Crippen LogP contribution in [0.5, 0.6) is 0 Å². The maximum atomic E-state index is 5.57. The van der Waals surface area contributed by atoms with Gasteiger partial charge < -0.3 is 9.64 Å². The van der Waals surface area contributed by atoms with Crippen molar-refractivity contribution >= 4 is 0 Å². The fraction of sp³-hybridized carbons (Fsp3) is 0.875. The predicted octanol–water partition coefficient (Wildman–Crippen LogP) is 3.42. The van der Waals surface area contributed by atoms with E-state index < -0.39 is 0 Å². The first-order chi connectivity index (χ1) is 8.31. The number of hydrogen-bond acceptors (Lipinski definition) is 2. The third-order valence-electron chi connectivity index (χ3n) is 2.33. The average Bonchev–Trinajstić information content (AvgIpc) is 2.18. The molecule has 0 saturated carbocycles. The molecular weight excluding hydrogens is 222 g/mol. The summed E-state index contributed by atoms with van der Waals surface area (Å²) in [6, 6.07) is 0. The van der Waals surface area contributed by atoms with Gasteiger partial charge >= 0.3 is 0 Å². The lowest BCUT2D eigenvalue weighted by Crippen LogP contribution is -2.30. The zero-order valence-corrected chi connectivity index (χ0v) is 13.2. The van der Waals surface area contributed by atoms with Crippen LogP contribution in [0.15, 0.2) is 0 Å². The Labute approximate surface area is 114 Å². The molecular formula is C16H31NO. The Kier molecular flexibility index (Phi) is 9.14. The first-order valence-electron chi connectivity index (χ1n) is 7.06. The minimum atomic E-state index is 0.377. The summed E-state index contributed by atoms with van der Waals surface area (Å²) in [7, 11) is 2.18. The van der Waals surface area contributed by atoms with Crippen molar-refractivity contribution in [2.24, 2.45) is 11.3 Å². The third kappa shape index (κ3) is 13.5. The molecule has 0 bridgehead atoms. The van der Waals surface area contributed by atoms with Crippen molar-refractivity contribution in [2.75, 3.05) is 33.4 Å². The van der Waals surface area contributed by atoms with Gasteiger partial charge in [0.2, 0.25) is 0 Å². The van der Waals surface area contributed by atoms with Gasteiger partial charge in [-0.05, 0) is 18.9 Å². The van der Waals surface area contributed by atoms with Crippen molar-refractivity contribution in [3.8, 4) is 11.8 Å². The van der Waals surface area contributed by atoms with Crippen LogP contribution < -0.4 is 0 Å². The van der Waals surface area contributed by atoms with E-state index in [9.17, 15) is 0 Å². The van der Waals surface area contributed by atoms with Crippen molar-refractivity contribution < 1.29 is 4.74 Å². The SMILES string of the molecule is CC(C)C#CCCOCCCN(C)CC(C)(C)C. The summed E-state index contributed by atoms with van der Waals surface area (Å²) in [5.74, 6) is 6.74. The summed E-state index contributed by atoms with van der Waals surface area (Å²) in [5.41, 5.74) is 0.377. The second-order valence-electron chi connectivity index (χ2n) is 6.49. The molecule has 0 spiro atoms. The summed E-state index contributed by atoms with van der Waals surface area (Å²) >= 11 is 0. The highest BCUT2D eigenvalue weighted by atomic mass is 16.5. The van der Waals surface area contributed by atoms with Gasteiger partial charge in [-0.2, -0.15) is 0 Å². The van der Waals surface area contributed by atoms with E-state index in [-0.39, 0.29) is 0 Å². The van der Waals surface area contributed by atoms with Crippen LogP contribution in [0.25, 0.3) is 0 Å². The second kappa shape index (κ2) is 9.42. The summed E-state index contributed by atoms with van der Waals surface area (Å²) in [6.07, 6.45) is 1.96. The predicted molar refractivity (Wildman–Crippen MR) is 79.6 cm³/mol. The topological polar surface area (TPSA) is 12.5 Å². The molecule has 0 aromatic carbocycles. The van der Waals surface area contributed by atoms with Crippen LogP contribution in [0.3, 0.4) is 0 Å². The number of hydrogen-bond donors (Lipinski definition) is 0. The van der Waals surface area contributed by atoms with E-state index in [4.69, 9.17) is 4.74 Å². The Morgan fingerprint density at radius 3 is 2.39 bits per heavy atom. The molecule has 0 rings (SSSR count). The first-order valence-corrected chi connectivity index (χ1v) is 7.06. The van der Waals surface area contributed by atoms with Gasteiger partial charge in [0, 0.05) is 32.0 Å². The molecule has 0 aliphatic carbocycles. The van der Waals surface area contributed by atoms with Gasteiger partial charge in [0.1, 0.15) is 0 Å². The molecule has 2 nitrogen and oxygen atoms in total. The highest BCUT2D eigenvalue weighted by molar-refractivity contribution is 5.00. The van der Waals surface area contributed by atoms with Crippen molar-refractivity contribution in [1.82, 2.24) is 4.90 Å². The van der Waals surface area contributed by atoms with Crippen LogP contribution in [-0.2, 0) is 4.74 Å². The van der Waals surface area contributed by atoms with Gasteiger partial charge in [-0.15, -0.1) is 11.8 Å². The lowest BCUT2D eigenvalue weighted by atomic mass is 9.96. The summed E-state index contributed by atoms with van der Waals surface area (Å²) in [5, 5.41) is 0. The average molecular weight is 253 g/mol. The van der Waals surface area contributed by atoms with Gasteiger partial charge in [-0.1, -0.05) is 34.6 Å². The molecule has 0 N–H and O–H groups in total. The van der Waals surface area contributed by atoms with Crippen LogP contribution in [0.1, 0.15) is 47.5 Å². The molecule has 0 atom stereocenters. The smallest absolute Gasteiger partial charge is 0.0575 e. The first kappa shape index (κ1) is 17.5. The van der Waals surface area contributed by atoms with E-state index in [1.54, 1.807) is 0 Å². The Morgan fingerprint density at radius 2 is 1.83 bits per heavy atom. The van der Waals surface area contributed by atoms with Crippen LogP contribution >= 0.6 is 0 Å². The van der Waals surface area contributed by atoms with Crippen molar-refractivity contribution in [1.29, 1.82) is 0 Å². The van der Waals surface area contributed by atoms with E-state index in [1.807, 2.05) is 0 Å². The molecule has 0 aromatic heterocycles. The largest absolute Gasteiger partial charge is 0.380 e. The van der Waals surface area contributed by atoms with Gasteiger partial charge in [0.15, 0.2) is 0 Å². The van der Waals surface area contributed by atoms with Gasteiger partial charge in [0.05, 0.1) is 6.61 Å². The molecule has 0 aliphatic rings. The van der Waals surface area contributed by atoms with Gasteiger partial charge in [-0.25, -0.2) is 0 Å². The van der Waals surface area contributed by atoms with Crippen LogP contribution in [-0.4, -0.2) is 38.3 Å². The standard InChI is InChI=1S/C16H31NO/c1-15(2)10-7-8-12-18-13-9-11-17(6)14-16(3,4)5/h15H,8-9,11-14H2,1-6H3. The van der Waals surface area contributed by atoms with Crippen molar-refractivity contribution in [3.63, 3.8) is 0 Å². The Balaban J connectivity index is 3.39. The van der Waals surface area contributed by atoms with Crippen molar-refractivity contribution in [2.45, 2.75) is 47.5 Å². The minimum Gasteiger partial charge on any atom is -0.380 e. The summed E-state index contributed by atoms with van der Waals surface area (Å²) in [6.45, 7) is 14.9. The molecule has 0 unspecified atom stereocenters. The zero-order valence-electron chi connectivity index (χ0n) is 13.2. The molecule has 0 saturated heterocycles. The normalized spacial score (nSPS) is 11.8. The molecule has 0 fully saturated rings. The molecule has 2 heteroatoms. The zero-order chi connectivity index (χ0) is 14.0. The number of rotatable bonds is 7. The Bertz CT molecular complexity index is 254. The third-order valence-corrected chi connectivity index (χ3v) is 2.33. The van der Waals surface area contributed by atoms with Gasteiger partial charge in [0.25, 0.3) is 0 Å². The quantitative estimate of drug-likeness (QED) is 0.509. The lowest BCUT2D eigenvalue weighted by molar-refractivity contribution is 0.123. The molecule has 0 aromatic rings. The lowest BCUT2D eigenvalue weighted by Gasteiger charge is -2.26. The fourth-order valence-corrected chi connectivity index (χ4v) is 1.83. The number of ether oxygens (including phenoxy) is 1. The van der Waals surface area contributed by atoms with E-state index in [0.717, 1.165) is 39.1 Å². The van der Waals surface area contributed by atoms with E-state index >= 15 is 0 Å². The minimum absolute atomic E-state index is 0.377. The fourth-order valence-electron chi connectivity index (χ4n) is 1.83. The van der Waals surface area contributed by atoms with E-state index in [2.05, 4.69) is 58.4 Å². The highest BCUT2D eigenvalue weighted by Gasteiger charge is 2.12. The van der Waals surface area contributed by atoms with E-state index in [1.165, 1.54) is 0 Å². The number of nitrogens with zero attached hydrogens (tertiary/aromatic N) is 1. The molecule has 106 valence electrons. The second-order valence-corrected chi connectivity index (χ2v) is 6.49. The molecule has 0 amide bonds. The molecule has 0 aliphatic heterocycles. The molecule has 0 radical (unpaired) electrons. The maximum absolute atomic E-state index is 5.57. The summed E-state index contributed by atoms with van der Waals surface area (Å²) in [4.78, 5) is 2.38. The molecule has 0 heterocycles. The van der Waals surface area contributed by atoms with Crippen LogP contribution in [0.4, 0.5) is 0 Å². The van der Waals surface area contributed by atoms with Gasteiger partial charge in [-0.3, -0.25) is 0 Å². The van der Waals surface area contributed by atoms with E-state index in [0.29, 0.717) is 11.3 Å². The van der Waals surface area contributed by atoms with Crippen LogP contribution in [0.2, 0.25) is 0 Å². The summed E-state index contributed by atoms with van der Waals surface area (Å²) < 4.78 is 5.57. The monoisotopic (exact) mass is 253 g/mol. The van der Waals surface area contributed by atoms with Crippen LogP contribution in [0, 0.1) is 23.2 Å². The maximum Gasteiger partial charge on any atom is 0.0575 e. The Morgan fingerprint density at radius 1 is 1.17 bits per heavy atom. The van der Waals surface area contributed by atoms with Crippen molar-refractivity contribution in [3.05, 3.63) is 0 Å².